The molecule has 3 heteroatoms. The minimum absolute atomic E-state index is 0.256. The molecule has 0 aromatic rings. The molecule has 0 saturated carbocycles. The van der Waals surface area contributed by atoms with Crippen LogP contribution < -0.4 is 5.32 Å². The van der Waals surface area contributed by atoms with Crippen LogP contribution in [0.25, 0.3) is 0 Å². The summed E-state index contributed by atoms with van der Waals surface area (Å²) in [6.07, 6.45) is 3.32. The van der Waals surface area contributed by atoms with E-state index in [9.17, 15) is 4.79 Å². The van der Waals surface area contributed by atoms with Gasteiger partial charge in [-0.2, -0.15) is 0 Å². The van der Waals surface area contributed by atoms with Gasteiger partial charge in [0.2, 0.25) is 5.91 Å². The van der Waals surface area contributed by atoms with Gasteiger partial charge in [0, 0.05) is 19.5 Å². The number of piperidine rings is 1. The fourth-order valence-corrected chi connectivity index (χ4v) is 2.34. The van der Waals surface area contributed by atoms with E-state index in [0.717, 1.165) is 32.4 Å². The van der Waals surface area contributed by atoms with Crippen LogP contribution in [-0.4, -0.2) is 38.0 Å². The Balaban J connectivity index is 2.59. The van der Waals surface area contributed by atoms with E-state index < -0.39 is 0 Å². The minimum Gasteiger partial charge on any atom is -0.346 e. The molecule has 0 spiro atoms. The summed E-state index contributed by atoms with van der Waals surface area (Å²) < 4.78 is 0. The van der Waals surface area contributed by atoms with Gasteiger partial charge in [-0.05, 0) is 32.4 Å². The molecule has 0 aliphatic carbocycles. The van der Waals surface area contributed by atoms with Crippen LogP contribution in [0.2, 0.25) is 0 Å². The van der Waals surface area contributed by atoms with Gasteiger partial charge in [0.1, 0.15) is 0 Å². The molecule has 1 aliphatic rings. The summed E-state index contributed by atoms with van der Waals surface area (Å²) in [6.45, 7) is 4.07. The van der Waals surface area contributed by atoms with Crippen molar-refractivity contribution >= 4 is 5.91 Å². The predicted octanol–water partition coefficient (Wildman–Crippen LogP) is 1.10. The molecule has 1 N–H and O–H groups in total. The lowest BCUT2D eigenvalue weighted by Gasteiger charge is -2.33. The van der Waals surface area contributed by atoms with Crippen LogP contribution in [-0.2, 0) is 4.79 Å². The quantitative estimate of drug-likeness (QED) is 0.733. The predicted molar refractivity (Wildman–Crippen MR) is 58.1 cm³/mol. The molecule has 14 heavy (non-hydrogen) atoms. The Kier molecular flexibility index (Phi) is 4.39. The number of likely N-dealkylation sites (tertiary alicyclic amines) is 1. The lowest BCUT2D eigenvalue weighted by molar-refractivity contribution is -0.139. The first-order chi connectivity index (χ1) is 6.70. The fourth-order valence-electron chi connectivity index (χ4n) is 2.34. The molecule has 3 nitrogen and oxygen atoms in total. The average Bonchev–Trinajstić information content (AvgIpc) is 2.19. The van der Waals surface area contributed by atoms with Crippen molar-refractivity contribution < 1.29 is 4.79 Å². The topological polar surface area (TPSA) is 32.3 Å². The Morgan fingerprint density at radius 3 is 2.93 bits per heavy atom. The first-order valence-corrected chi connectivity index (χ1v) is 5.60. The van der Waals surface area contributed by atoms with Crippen molar-refractivity contribution in [2.45, 2.75) is 26.2 Å². The van der Waals surface area contributed by atoms with Gasteiger partial charge in [-0.1, -0.05) is 13.3 Å². The summed E-state index contributed by atoms with van der Waals surface area (Å²) in [5.41, 5.74) is 0. The van der Waals surface area contributed by atoms with Gasteiger partial charge in [0.05, 0.1) is 0 Å². The van der Waals surface area contributed by atoms with Gasteiger partial charge in [0.15, 0.2) is 0 Å². The zero-order valence-electron chi connectivity index (χ0n) is 9.55. The summed E-state index contributed by atoms with van der Waals surface area (Å²) in [5, 5.41) is 3.18. The molecule has 1 aliphatic heterocycles. The van der Waals surface area contributed by atoms with Crippen molar-refractivity contribution in [3.63, 3.8) is 0 Å². The molecule has 1 saturated heterocycles. The van der Waals surface area contributed by atoms with Gasteiger partial charge in [-0.15, -0.1) is 0 Å². The normalized spacial score (nSPS) is 25.2. The molecule has 2 unspecified atom stereocenters. The van der Waals surface area contributed by atoms with Crippen molar-refractivity contribution in [1.29, 1.82) is 0 Å². The summed E-state index contributed by atoms with van der Waals surface area (Å²) in [6, 6.07) is 0. The Morgan fingerprint density at radius 2 is 2.36 bits per heavy atom. The summed E-state index contributed by atoms with van der Waals surface area (Å²) in [5.74, 6) is 1.11. The number of hydrogen-bond acceptors (Lipinski definition) is 2. The number of amides is 1. The van der Waals surface area contributed by atoms with Crippen molar-refractivity contribution in [2.75, 3.05) is 27.2 Å². The standard InChI is InChI=1S/C11H22N2O/c1-4-9(8-12-2)10-6-5-7-13(3)11(10)14/h9-10,12H,4-8H2,1-3H3. The molecule has 1 amide bonds. The van der Waals surface area contributed by atoms with Crippen LogP contribution in [0.3, 0.4) is 0 Å². The largest absolute Gasteiger partial charge is 0.346 e. The van der Waals surface area contributed by atoms with Gasteiger partial charge in [-0.3, -0.25) is 4.79 Å². The van der Waals surface area contributed by atoms with E-state index in [1.807, 2.05) is 19.0 Å². The molecule has 0 bridgehead atoms. The second kappa shape index (κ2) is 5.35. The Hall–Kier alpha value is -0.570. The molecule has 0 radical (unpaired) electrons. The van der Waals surface area contributed by atoms with Crippen molar-refractivity contribution in [1.82, 2.24) is 10.2 Å². The second-order valence-electron chi connectivity index (χ2n) is 4.23. The lowest BCUT2D eigenvalue weighted by atomic mass is 9.83. The van der Waals surface area contributed by atoms with Crippen LogP contribution in [0.1, 0.15) is 26.2 Å². The van der Waals surface area contributed by atoms with Gasteiger partial charge < -0.3 is 10.2 Å². The number of nitrogens with zero attached hydrogens (tertiary/aromatic N) is 1. The van der Waals surface area contributed by atoms with Crippen LogP contribution >= 0.6 is 0 Å². The number of rotatable bonds is 4. The molecule has 0 aromatic carbocycles. The van der Waals surface area contributed by atoms with Crippen LogP contribution in [0, 0.1) is 11.8 Å². The number of nitrogens with one attached hydrogen (secondary N) is 1. The monoisotopic (exact) mass is 198 g/mol. The van der Waals surface area contributed by atoms with Gasteiger partial charge >= 0.3 is 0 Å². The van der Waals surface area contributed by atoms with E-state index in [1.165, 1.54) is 0 Å². The molecule has 82 valence electrons. The maximum Gasteiger partial charge on any atom is 0.225 e. The Morgan fingerprint density at radius 1 is 1.64 bits per heavy atom. The molecule has 0 aromatic heterocycles. The molecule has 1 fully saturated rings. The highest BCUT2D eigenvalue weighted by Crippen LogP contribution is 2.26. The van der Waals surface area contributed by atoms with Crippen molar-refractivity contribution in [2.24, 2.45) is 11.8 Å². The maximum absolute atomic E-state index is 11.9. The lowest BCUT2D eigenvalue weighted by Crippen LogP contribution is -2.43. The second-order valence-corrected chi connectivity index (χ2v) is 4.23. The minimum atomic E-state index is 0.256. The molecule has 1 rings (SSSR count). The third-order valence-electron chi connectivity index (χ3n) is 3.26. The van der Waals surface area contributed by atoms with E-state index in [-0.39, 0.29) is 5.92 Å². The van der Waals surface area contributed by atoms with Crippen LogP contribution in [0.15, 0.2) is 0 Å². The molecule has 1 heterocycles. The van der Waals surface area contributed by atoms with E-state index >= 15 is 0 Å². The summed E-state index contributed by atoms with van der Waals surface area (Å²) in [4.78, 5) is 13.8. The highest BCUT2D eigenvalue weighted by molar-refractivity contribution is 5.79. The van der Waals surface area contributed by atoms with Crippen LogP contribution in [0.4, 0.5) is 0 Å². The highest BCUT2D eigenvalue weighted by Gasteiger charge is 2.31. The molecule has 2 atom stereocenters. The Bertz CT molecular complexity index is 194. The van der Waals surface area contributed by atoms with Crippen molar-refractivity contribution in [3.05, 3.63) is 0 Å². The fraction of sp³-hybridized carbons (Fsp3) is 0.909. The van der Waals surface area contributed by atoms with Crippen LogP contribution in [0.5, 0.6) is 0 Å². The first kappa shape index (κ1) is 11.5. The summed E-state index contributed by atoms with van der Waals surface area (Å²) in [7, 11) is 3.88. The highest BCUT2D eigenvalue weighted by atomic mass is 16.2. The summed E-state index contributed by atoms with van der Waals surface area (Å²) >= 11 is 0. The Labute approximate surface area is 86.9 Å². The van der Waals surface area contributed by atoms with Gasteiger partial charge in [-0.25, -0.2) is 0 Å². The SMILES string of the molecule is CCC(CNC)C1CCCN(C)C1=O. The number of carbonyl (C=O) groups is 1. The van der Waals surface area contributed by atoms with Gasteiger partial charge in [0.25, 0.3) is 0 Å². The first-order valence-electron chi connectivity index (χ1n) is 5.60. The maximum atomic E-state index is 11.9. The third kappa shape index (κ3) is 2.47. The van der Waals surface area contributed by atoms with E-state index in [2.05, 4.69) is 12.2 Å². The number of hydrogen-bond donors (Lipinski definition) is 1. The number of carbonyl (C=O) groups excluding carboxylic acids is 1. The zero-order chi connectivity index (χ0) is 10.6. The smallest absolute Gasteiger partial charge is 0.225 e. The van der Waals surface area contributed by atoms with E-state index in [0.29, 0.717) is 11.8 Å². The van der Waals surface area contributed by atoms with E-state index in [1.54, 1.807) is 0 Å². The average molecular weight is 198 g/mol. The molecular weight excluding hydrogens is 176 g/mol. The van der Waals surface area contributed by atoms with E-state index in [4.69, 9.17) is 0 Å². The zero-order valence-corrected chi connectivity index (χ0v) is 9.55. The third-order valence-corrected chi connectivity index (χ3v) is 3.26. The van der Waals surface area contributed by atoms with Crippen molar-refractivity contribution in [3.8, 4) is 0 Å². The molecular formula is C11H22N2O.